The molecule has 0 saturated heterocycles. The Bertz CT molecular complexity index is 454. The highest BCUT2D eigenvalue weighted by Gasteiger charge is 2.09. The second kappa shape index (κ2) is 5.83. The fourth-order valence-electron chi connectivity index (χ4n) is 1.22. The van der Waals surface area contributed by atoms with E-state index in [0.29, 0.717) is 13.0 Å². The van der Waals surface area contributed by atoms with Crippen LogP contribution in [0.15, 0.2) is 29.7 Å². The smallest absolute Gasteiger partial charge is 0.248 e. The number of H-pyrrole nitrogens is 1. The van der Waals surface area contributed by atoms with Gasteiger partial charge < -0.3 is 9.88 Å². The second-order valence-electron chi connectivity index (χ2n) is 3.41. The van der Waals surface area contributed by atoms with Crippen LogP contribution in [0, 0.1) is 3.57 Å². The quantitative estimate of drug-likeness (QED) is 0.671. The van der Waals surface area contributed by atoms with Gasteiger partial charge in [0.05, 0.1) is 0 Å². The van der Waals surface area contributed by atoms with Gasteiger partial charge in [0.25, 0.3) is 0 Å². The number of pyridine rings is 1. The van der Waals surface area contributed by atoms with Crippen LogP contribution in [0.3, 0.4) is 0 Å². The van der Waals surface area contributed by atoms with Crippen LogP contribution >= 0.6 is 22.6 Å². The van der Waals surface area contributed by atoms with E-state index in [-0.39, 0.29) is 11.5 Å². The molecule has 0 bridgehead atoms. The highest BCUT2D eigenvalue weighted by Crippen LogP contribution is 2.10. The average Bonchev–Trinajstić information content (AvgIpc) is 2.22. The van der Waals surface area contributed by atoms with E-state index in [1.165, 1.54) is 6.07 Å². The minimum Gasteiger partial charge on any atom is -0.341 e. The number of amides is 1. The molecule has 0 aliphatic carbocycles. The molecule has 0 aliphatic rings. The number of halogens is 1. The summed E-state index contributed by atoms with van der Waals surface area (Å²) in [5.41, 5.74) is 0.799. The molecule has 0 unspecified atom stereocenters. The summed E-state index contributed by atoms with van der Waals surface area (Å²) < 4.78 is 0.861. The number of hydrogen-bond acceptors (Lipinski definition) is 2. The molecule has 0 spiro atoms. The molecule has 5 heteroatoms. The third kappa shape index (κ3) is 3.48. The largest absolute Gasteiger partial charge is 0.341 e. The summed E-state index contributed by atoms with van der Waals surface area (Å²) in [6.07, 6.45) is 3.55. The number of nitrogens with zero attached hydrogens (tertiary/aromatic N) is 1. The third-order valence-electron chi connectivity index (χ3n) is 2.11. The number of aromatic nitrogens is 1. The van der Waals surface area contributed by atoms with Crippen LogP contribution in [0.5, 0.6) is 0 Å². The molecule has 1 N–H and O–H groups in total. The minimum atomic E-state index is -0.131. The van der Waals surface area contributed by atoms with Crippen LogP contribution in [0.4, 0.5) is 0 Å². The van der Waals surface area contributed by atoms with E-state index in [9.17, 15) is 9.59 Å². The van der Waals surface area contributed by atoms with Gasteiger partial charge in [-0.15, -0.1) is 6.58 Å². The van der Waals surface area contributed by atoms with Gasteiger partial charge in [-0.1, -0.05) is 6.08 Å². The van der Waals surface area contributed by atoms with Crippen molar-refractivity contribution >= 4 is 28.5 Å². The minimum absolute atomic E-state index is 0.0111. The Kier molecular flexibility index (Phi) is 4.72. The van der Waals surface area contributed by atoms with Crippen LogP contribution in [0.25, 0.3) is 0 Å². The first-order chi connectivity index (χ1) is 7.54. The molecule has 0 atom stereocenters. The summed E-state index contributed by atoms with van der Waals surface area (Å²) in [4.78, 5) is 26.7. The van der Waals surface area contributed by atoms with Gasteiger partial charge in [0, 0.05) is 41.4 Å². The Hall–Kier alpha value is -1.11. The van der Waals surface area contributed by atoms with E-state index < -0.39 is 0 Å². The van der Waals surface area contributed by atoms with Crippen LogP contribution in [-0.4, -0.2) is 22.8 Å². The van der Waals surface area contributed by atoms with Crippen molar-refractivity contribution in [1.82, 2.24) is 9.88 Å². The summed E-state index contributed by atoms with van der Waals surface area (Å²) in [5, 5.41) is 0. The van der Waals surface area contributed by atoms with Gasteiger partial charge in [0.2, 0.25) is 11.5 Å². The zero-order chi connectivity index (χ0) is 12.1. The standard InChI is InChI=1S/C11H13IN2O2/c1-3-4-11(16)14(2)7-8-6-13-10(15)5-9(8)12/h3,5-6H,1,4,7H2,2H3,(H,13,15). The highest BCUT2D eigenvalue weighted by atomic mass is 127. The SMILES string of the molecule is C=CCC(=O)N(C)Cc1c[nH]c(=O)cc1I. The Morgan fingerprint density at radius 3 is 2.94 bits per heavy atom. The molecule has 1 aromatic heterocycles. The van der Waals surface area contributed by atoms with E-state index in [4.69, 9.17) is 0 Å². The first-order valence-electron chi connectivity index (χ1n) is 4.76. The fraction of sp³-hybridized carbons (Fsp3) is 0.273. The van der Waals surface area contributed by atoms with Crippen molar-refractivity contribution in [3.05, 3.63) is 44.4 Å². The number of nitrogens with one attached hydrogen (secondary N) is 1. The molecular formula is C11H13IN2O2. The zero-order valence-corrected chi connectivity index (χ0v) is 11.2. The Morgan fingerprint density at radius 1 is 1.69 bits per heavy atom. The molecule has 0 radical (unpaired) electrons. The van der Waals surface area contributed by atoms with Crippen molar-refractivity contribution in [2.24, 2.45) is 0 Å². The highest BCUT2D eigenvalue weighted by molar-refractivity contribution is 14.1. The van der Waals surface area contributed by atoms with Gasteiger partial charge in [-0.3, -0.25) is 9.59 Å². The van der Waals surface area contributed by atoms with Crippen molar-refractivity contribution in [2.45, 2.75) is 13.0 Å². The average molecular weight is 332 g/mol. The monoisotopic (exact) mass is 332 g/mol. The van der Waals surface area contributed by atoms with Crippen LogP contribution < -0.4 is 5.56 Å². The molecular weight excluding hydrogens is 319 g/mol. The normalized spacial score (nSPS) is 9.88. The molecule has 0 saturated carbocycles. The summed E-state index contributed by atoms with van der Waals surface area (Å²) >= 11 is 2.09. The third-order valence-corrected chi connectivity index (χ3v) is 3.11. The molecule has 16 heavy (non-hydrogen) atoms. The first-order valence-corrected chi connectivity index (χ1v) is 5.84. The fourth-order valence-corrected chi connectivity index (χ4v) is 1.83. The number of aromatic amines is 1. The lowest BCUT2D eigenvalue weighted by Gasteiger charge is -2.16. The molecule has 1 heterocycles. The van der Waals surface area contributed by atoms with Gasteiger partial charge in [-0.2, -0.15) is 0 Å². The van der Waals surface area contributed by atoms with Crippen LogP contribution in [0.1, 0.15) is 12.0 Å². The van der Waals surface area contributed by atoms with E-state index in [0.717, 1.165) is 9.13 Å². The number of hydrogen-bond donors (Lipinski definition) is 1. The lowest BCUT2D eigenvalue weighted by atomic mass is 10.2. The van der Waals surface area contributed by atoms with Crippen LogP contribution in [0.2, 0.25) is 0 Å². The topological polar surface area (TPSA) is 53.2 Å². The van der Waals surface area contributed by atoms with Crippen molar-refractivity contribution in [1.29, 1.82) is 0 Å². The van der Waals surface area contributed by atoms with Crippen molar-refractivity contribution < 1.29 is 4.79 Å². The Balaban J connectivity index is 2.76. The van der Waals surface area contributed by atoms with Crippen LogP contribution in [-0.2, 0) is 11.3 Å². The molecule has 1 amide bonds. The lowest BCUT2D eigenvalue weighted by Crippen LogP contribution is -2.26. The maximum absolute atomic E-state index is 11.5. The van der Waals surface area contributed by atoms with Gasteiger partial charge in [-0.25, -0.2) is 0 Å². The van der Waals surface area contributed by atoms with Crippen molar-refractivity contribution in [3.63, 3.8) is 0 Å². The molecule has 1 rings (SSSR count). The molecule has 0 aliphatic heterocycles. The zero-order valence-electron chi connectivity index (χ0n) is 9.00. The summed E-state index contributed by atoms with van der Waals surface area (Å²) in [6.45, 7) is 4.01. The van der Waals surface area contributed by atoms with Crippen molar-refractivity contribution in [3.8, 4) is 0 Å². The number of carbonyl (C=O) groups is 1. The van der Waals surface area contributed by atoms with E-state index >= 15 is 0 Å². The lowest BCUT2D eigenvalue weighted by molar-refractivity contribution is -0.129. The van der Waals surface area contributed by atoms with Gasteiger partial charge in [-0.05, 0) is 22.6 Å². The van der Waals surface area contributed by atoms with Gasteiger partial charge >= 0.3 is 0 Å². The van der Waals surface area contributed by atoms with Gasteiger partial charge in [0.15, 0.2) is 0 Å². The second-order valence-corrected chi connectivity index (χ2v) is 4.58. The summed E-state index contributed by atoms with van der Waals surface area (Å²) in [5.74, 6) is 0.0111. The maximum Gasteiger partial charge on any atom is 0.248 e. The summed E-state index contributed by atoms with van der Waals surface area (Å²) in [7, 11) is 1.73. The maximum atomic E-state index is 11.5. The number of rotatable bonds is 4. The molecule has 4 nitrogen and oxygen atoms in total. The van der Waals surface area contributed by atoms with E-state index in [1.807, 2.05) is 0 Å². The van der Waals surface area contributed by atoms with E-state index in [2.05, 4.69) is 34.2 Å². The number of carbonyl (C=O) groups excluding carboxylic acids is 1. The molecule has 86 valence electrons. The summed E-state index contributed by atoms with van der Waals surface area (Å²) in [6, 6.07) is 1.52. The Morgan fingerprint density at radius 2 is 2.38 bits per heavy atom. The predicted octanol–water partition coefficient (Wildman–Crippen LogP) is 1.51. The molecule has 1 aromatic rings. The van der Waals surface area contributed by atoms with Crippen molar-refractivity contribution in [2.75, 3.05) is 7.05 Å². The first kappa shape index (κ1) is 13.0. The Labute approximate surface area is 107 Å². The molecule has 0 fully saturated rings. The predicted molar refractivity (Wildman–Crippen MR) is 71.1 cm³/mol. The van der Waals surface area contributed by atoms with Gasteiger partial charge in [0.1, 0.15) is 0 Å². The van der Waals surface area contributed by atoms with E-state index in [1.54, 1.807) is 24.2 Å². The molecule has 0 aromatic carbocycles.